The number of amides is 2. The highest BCUT2D eigenvalue weighted by Gasteiger charge is 2.57. The molecule has 0 saturated heterocycles. The van der Waals surface area contributed by atoms with E-state index in [9.17, 15) is 9.59 Å². The Balaban J connectivity index is 1.69. The predicted octanol–water partition coefficient (Wildman–Crippen LogP) is 2.45. The molecule has 0 aliphatic heterocycles. The minimum absolute atomic E-state index is 0.112. The van der Waals surface area contributed by atoms with Crippen LogP contribution in [0.25, 0.3) is 0 Å². The predicted molar refractivity (Wildman–Crippen MR) is 75.6 cm³/mol. The molecule has 3 rings (SSSR count). The number of rotatable bonds is 4. The molecule has 5 heteroatoms. The molecule has 0 aromatic heterocycles. The summed E-state index contributed by atoms with van der Waals surface area (Å²) in [5.41, 5.74) is -0.129. The van der Waals surface area contributed by atoms with E-state index in [1.807, 2.05) is 24.3 Å². The monoisotopic (exact) mass is 322 g/mol. The number of carbonyl (C=O) groups is 2. The van der Waals surface area contributed by atoms with Crippen LogP contribution in [0, 0.1) is 5.41 Å². The van der Waals surface area contributed by atoms with Crippen molar-refractivity contribution in [2.24, 2.45) is 5.41 Å². The first-order chi connectivity index (χ1) is 9.12. The summed E-state index contributed by atoms with van der Waals surface area (Å²) in [7, 11) is 0. The lowest BCUT2D eigenvalue weighted by molar-refractivity contribution is -0.134. The van der Waals surface area contributed by atoms with Crippen LogP contribution < -0.4 is 10.6 Å². The summed E-state index contributed by atoms with van der Waals surface area (Å²) in [6.07, 6.45) is 3.35. The number of benzene rings is 1. The molecule has 0 unspecified atom stereocenters. The molecule has 1 aromatic carbocycles. The fraction of sp³-hybridized carbons (Fsp3) is 0.429. The Hall–Kier alpha value is -1.36. The van der Waals surface area contributed by atoms with Crippen LogP contribution in [-0.4, -0.2) is 17.9 Å². The first-order valence-electron chi connectivity index (χ1n) is 6.49. The minimum atomic E-state index is -0.835. The third-order valence-electron chi connectivity index (χ3n) is 3.65. The van der Waals surface area contributed by atoms with Gasteiger partial charge in [0.15, 0.2) is 0 Å². The first kappa shape index (κ1) is 12.7. The van der Waals surface area contributed by atoms with E-state index in [0.717, 1.165) is 17.3 Å². The maximum Gasteiger partial charge on any atom is 0.240 e. The average molecular weight is 323 g/mol. The molecule has 2 saturated carbocycles. The topological polar surface area (TPSA) is 58.2 Å². The zero-order valence-electron chi connectivity index (χ0n) is 10.4. The van der Waals surface area contributed by atoms with E-state index in [4.69, 9.17) is 0 Å². The summed E-state index contributed by atoms with van der Waals surface area (Å²) in [4.78, 5) is 24.4. The first-order valence-corrected chi connectivity index (χ1v) is 7.28. The van der Waals surface area contributed by atoms with Crippen LogP contribution in [0.2, 0.25) is 0 Å². The smallest absolute Gasteiger partial charge is 0.240 e. The van der Waals surface area contributed by atoms with Crippen LogP contribution in [0.3, 0.4) is 0 Å². The summed E-state index contributed by atoms with van der Waals surface area (Å²) in [5.74, 6) is -0.308. The second kappa shape index (κ2) is 4.63. The van der Waals surface area contributed by atoms with Gasteiger partial charge < -0.3 is 10.6 Å². The highest BCUT2D eigenvalue weighted by Crippen LogP contribution is 2.47. The number of hydrogen-bond donors (Lipinski definition) is 2. The van der Waals surface area contributed by atoms with E-state index in [1.165, 1.54) is 0 Å². The molecule has 0 heterocycles. The van der Waals surface area contributed by atoms with Gasteiger partial charge in [-0.05, 0) is 53.7 Å². The summed E-state index contributed by atoms with van der Waals surface area (Å²) >= 11 is 3.38. The van der Waals surface area contributed by atoms with E-state index in [0.29, 0.717) is 24.6 Å². The van der Waals surface area contributed by atoms with Crippen LogP contribution in [-0.2, 0) is 9.59 Å². The second-order valence-electron chi connectivity index (χ2n) is 5.26. The van der Waals surface area contributed by atoms with Crippen molar-refractivity contribution in [1.82, 2.24) is 5.32 Å². The molecule has 2 N–H and O–H groups in total. The molecule has 100 valence electrons. The Morgan fingerprint density at radius 3 is 2.42 bits per heavy atom. The molecule has 2 aliphatic rings. The summed E-state index contributed by atoms with van der Waals surface area (Å²) in [6.45, 7) is 0. The van der Waals surface area contributed by atoms with Gasteiger partial charge in [0, 0.05) is 10.5 Å². The Bertz CT molecular complexity index is 536. The number of para-hydroxylation sites is 1. The van der Waals surface area contributed by atoms with Crippen LogP contribution >= 0.6 is 15.9 Å². The molecule has 2 fully saturated rings. The van der Waals surface area contributed by atoms with E-state index >= 15 is 0 Å². The van der Waals surface area contributed by atoms with Crippen molar-refractivity contribution in [3.63, 3.8) is 0 Å². The summed E-state index contributed by atoms with van der Waals surface area (Å²) in [6, 6.07) is 7.70. The maximum atomic E-state index is 12.3. The molecule has 2 aliphatic carbocycles. The highest BCUT2D eigenvalue weighted by molar-refractivity contribution is 9.10. The van der Waals surface area contributed by atoms with Crippen LogP contribution in [0.1, 0.15) is 25.7 Å². The second-order valence-corrected chi connectivity index (χ2v) is 6.12. The van der Waals surface area contributed by atoms with E-state index in [1.54, 1.807) is 0 Å². The number of anilines is 1. The molecule has 0 bridgehead atoms. The lowest BCUT2D eigenvalue weighted by Gasteiger charge is -2.15. The summed E-state index contributed by atoms with van der Waals surface area (Å²) in [5, 5.41) is 5.77. The Morgan fingerprint density at radius 1 is 1.16 bits per heavy atom. The molecule has 2 amide bonds. The van der Waals surface area contributed by atoms with Crippen LogP contribution in [0.15, 0.2) is 28.7 Å². The SMILES string of the molecule is O=C(Nc1ccccc1Br)C1(C(=O)NC2CC2)CC1. The van der Waals surface area contributed by atoms with Gasteiger partial charge in [0.1, 0.15) is 5.41 Å². The third-order valence-corrected chi connectivity index (χ3v) is 4.35. The van der Waals surface area contributed by atoms with Crippen molar-refractivity contribution < 1.29 is 9.59 Å². The fourth-order valence-corrected chi connectivity index (χ4v) is 2.42. The molecule has 1 aromatic rings. The zero-order chi connectivity index (χ0) is 13.5. The molecular weight excluding hydrogens is 308 g/mol. The van der Waals surface area contributed by atoms with Crippen molar-refractivity contribution >= 4 is 33.4 Å². The quantitative estimate of drug-likeness (QED) is 0.836. The molecule has 0 atom stereocenters. The molecule has 19 heavy (non-hydrogen) atoms. The number of carbonyl (C=O) groups excluding carboxylic acids is 2. The van der Waals surface area contributed by atoms with Gasteiger partial charge in [-0.2, -0.15) is 0 Å². The largest absolute Gasteiger partial charge is 0.352 e. The van der Waals surface area contributed by atoms with Crippen molar-refractivity contribution in [3.05, 3.63) is 28.7 Å². The van der Waals surface area contributed by atoms with E-state index in [2.05, 4.69) is 26.6 Å². The van der Waals surface area contributed by atoms with E-state index in [-0.39, 0.29) is 11.8 Å². The van der Waals surface area contributed by atoms with Gasteiger partial charge in [-0.1, -0.05) is 12.1 Å². The van der Waals surface area contributed by atoms with Gasteiger partial charge in [0.25, 0.3) is 0 Å². The number of hydrogen-bond acceptors (Lipinski definition) is 2. The van der Waals surface area contributed by atoms with Gasteiger partial charge in [-0.3, -0.25) is 9.59 Å². The Labute approximate surface area is 120 Å². The van der Waals surface area contributed by atoms with Gasteiger partial charge in [0.2, 0.25) is 11.8 Å². The van der Waals surface area contributed by atoms with Crippen LogP contribution in [0.4, 0.5) is 5.69 Å². The summed E-state index contributed by atoms with van der Waals surface area (Å²) < 4.78 is 0.821. The Morgan fingerprint density at radius 2 is 1.84 bits per heavy atom. The number of nitrogens with one attached hydrogen (secondary N) is 2. The molecule has 0 spiro atoms. The lowest BCUT2D eigenvalue weighted by Crippen LogP contribution is -2.40. The molecule has 0 radical (unpaired) electrons. The van der Waals surface area contributed by atoms with Crippen molar-refractivity contribution in [1.29, 1.82) is 0 Å². The van der Waals surface area contributed by atoms with Crippen LogP contribution in [0.5, 0.6) is 0 Å². The van der Waals surface area contributed by atoms with Gasteiger partial charge in [0.05, 0.1) is 5.69 Å². The maximum absolute atomic E-state index is 12.3. The lowest BCUT2D eigenvalue weighted by atomic mass is 10.0. The van der Waals surface area contributed by atoms with Crippen molar-refractivity contribution in [2.45, 2.75) is 31.7 Å². The average Bonchev–Trinajstić information content (AvgIpc) is 3.25. The molecule has 4 nitrogen and oxygen atoms in total. The van der Waals surface area contributed by atoms with Crippen molar-refractivity contribution in [3.8, 4) is 0 Å². The standard InChI is InChI=1S/C14H15BrN2O2/c15-10-3-1-2-4-11(10)17-13(19)14(7-8-14)12(18)16-9-5-6-9/h1-4,9H,5-8H2,(H,16,18)(H,17,19). The van der Waals surface area contributed by atoms with Crippen molar-refractivity contribution in [2.75, 3.05) is 5.32 Å². The zero-order valence-corrected chi connectivity index (χ0v) is 12.0. The normalized spacial score (nSPS) is 19.6. The Kier molecular flexibility index (Phi) is 3.09. The fourth-order valence-electron chi connectivity index (χ4n) is 2.04. The van der Waals surface area contributed by atoms with Gasteiger partial charge >= 0.3 is 0 Å². The number of halogens is 1. The minimum Gasteiger partial charge on any atom is -0.352 e. The highest BCUT2D eigenvalue weighted by atomic mass is 79.9. The van der Waals surface area contributed by atoms with Gasteiger partial charge in [-0.15, -0.1) is 0 Å². The van der Waals surface area contributed by atoms with E-state index < -0.39 is 5.41 Å². The molecular formula is C14H15BrN2O2. The van der Waals surface area contributed by atoms with Gasteiger partial charge in [-0.25, -0.2) is 0 Å². The third kappa shape index (κ3) is 2.52.